The molecule has 0 saturated heterocycles. The summed E-state index contributed by atoms with van der Waals surface area (Å²) in [6.07, 6.45) is 30.8. The van der Waals surface area contributed by atoms with Crippen molar-refractivity contribution in [3.05, 3.63) is 12.2 Å². The van der Waals surface area contributed by atoms with Gasteiger partial charge < -0.3 is 19.8 Å². The summed E-state index contributed by atoms with van der Waals surface area (Å²) in [4.78, 5) is 34.5. The van der Waals surface area contributed by atoms with E-state index >= 15 is 0 Å². The fourth-order valence-corrected chi connectivity index (χ4v) is 6.02. The monoisotopic (exact) mass is 639 g/mol. The van der Waals surface area contributed by atoms with Crippen molar-refractivity contribution in [1.29, 1.82) is 0 Å². The summed E-state index contributed by atoms with van der Waals surface area (Å²) in [7, 11) is 0. The van der Waals surface area contributed by atoms with Gasteiger partial charge in [-0.3, -0.25) is 14.4 Å². The molecule has 0 fully saturated rings. The minimum atomic E-state index is -0.825. The van der Waals surface area contributed by atoms with Gasteiger partial charge in [-0.15, -0.1) is 0 Å². The second kappa shape index (κ2) is 28.3. The Labute approximate surface area is 276 Å². The maximum Gasteiger partial charge on any atom is 0.306 e. The Morgan fingerprint density at radius 3 is 1.07 bits per heavy atom. The van der Waals surface area contributed by atoms with Crippen LogP contribution in [0, 0.1) is 17.8 Å². The van der Waals surface area contributed by atoms with Gasteiger partial charge in [0.1, 0.15) is 0 Å². The van der Waals surface area contributed by atoms with Gasteiger partial charge in [0.25, 0.3) is 0 Å². The number of carboxylic acids is 3. The predicted molar refractivity (Wildman–Crippen MR) is 187 cm³/mol. The highest BCUT2D eigenvalue weighted by atomic mass is 16.4. The summed E-state index contributed by atoms with van der Waals surface area (Å²) >= 11 is 0. The zero-order valence-corrected chi connectivity index (χ0v) is 29.8. The zero-order chi connectivity index (χ0) is 33.8. The van der Waals surface area contributed by atoms with E-state index < -0.39 is 35.7 Å². The minimum absolute atomic E-state index is 0.482. The van der Waals surface area contributed by atoms with Crippen LogP contribution in [-0.4, -0.2) is 63.9 Å². The van der Waals surface area contributed by atoms with Crippen molar-refractivity contribution >= 4 is 17.9 Å². The molecule has 7 heteroatoms. The topological polar surface area (TPSA) is 112 Å². The number of carbonyl (C=O) groups is 3. The SMILES string of the molecule is CCCCCCCCCCCCCC/C=C/CCCCCCC[N+](CCC(C)C(=O)O)(CCC(C)C(=O)O)CCC(C)C(=O)O. The van der Waals surface area contributed by atoms with Crippen molar-refractivity contribution in [2.45, 2.75) is 169 Å². The van der Waals surface area contributed by atoms with Crippen LogP contribution in [0.4, 0.5) is 0 Å². The number of hydrogen-bond donors (Lipinski definition) is 3. The lowest BCUT2D eigenvalue weighted by atomic mass is 10.0. The molecule has 0 aromatic heterocycles. The Balaban J connectivity index is 4.38. The van der Waals surface area contributed by atoms with E-state index in [-0.39, 0.29) is 0 Å². The Bertz CT molecular complexity index is 722. The standard InChI is InChI=1S/C38H71NO6/c1-5-6-7-8-9-10-11-12-13-14-15-16-17-18-19-20-21-22-23-24-25-29-39(30-26-33(2)36(40)41,31-27-34(3)37(42)43)32-28-35(4)38(44)45/h18-19,33-35H,5-17,20-32H2,1-4H3,(H2-,40,41,42,43,44,45)/p+1/b19-18+. The number of quaternary nitrogens is 1. The molecular formula is C38H72NO6+. The number of nitrogens with zero attached hydrogens (tertiary/aromatic N) is 1. The van der Waals surface area contributed by atoms with E-state index in [0.717, 1.165) is 32.2 Å². The highest BCUT2D eigenvalue weighted by Crippen LogP contribution is 2.22. The van der Waals surface area contributed by atoms with E-state index in [0.29, 0.717) is 43.4 Å². The maximum atomic E-state index is 11.5. The van der Waals surface area contributed by atoms with Crippen LogP contribution in [0.3, 0.4) is 0 Å². The molecule has 0 aliphatic carbocycles. The third-order valence-corrected chi connectivity index (χ3v) is 9.77. The van der Waals surface area contributed by atoms with Gasteiger partial charge in [0.2, 0.25) is 0 Å². The van der Waals surface area contributed by atoms with Crippen LogP contribution in [0.25, 0.3) is 0 Å². The lowest BCUT2D eigenvalue weighted by molar-refractivity contribution is -0.929. The fraction of sp³-hybridized carbons (Fsp3) is 0.868. The summed E-state index contributed by atoms with van der Waals surface area (Å²) in [5.74, 6) is -3.92. The highest BCUT2D eigenvalue weighted by molar-refractivity contribution is 5.70. The molecule has 0 radical (unpaired) electrons. The van der Waals surface area contributed by atoms with Crippen LogP contribution in [0.2, 0.25) is 0 Å². The third kappa shape index (κ3) is 24.9. The molecule has 0 aliphatic heterocycles. The molecular weight excluding hydrogens is 566 g/mol. The number of carboxylic acid groups (broad SMARTS) is 3. The quantitative estimate of drug-likeness (QED) is 0.0375. The summed E-state index contributed by atoms with van der Waals surface area (Å²) in [5.41, 5.74) is 0. The first-order chi connectivity index (χ1) is 21.5. The Morgan fingerprint density at radius 2 is 0.756 bits per heavy atom. The molecule has 0 heterocycles. The second-order valence-corrected chi connectivity index (χ2v) is 14.0. The van der Waals surface area contributed by atoms with Gasteiger partial charge in [-0.1, -0.05) is 123 Å². The van der Waals surface area contributed by atoms with Crippen molar-refractivity contribution in [3.63, 3.8) is 0 Å². The minimum Gasteiger partial charge on any atom is -0.481 e. The Kier molecular flexibility index (Phi) is 27.2. The molecule has 3 unspecified atom stereocenters. The van der Waals surface area contributed by atoms with Gasteiger partial charge in [-0.2, -0.15) is 0 Å². The van der Waals surface area contributed by atoms with Crippen LogP contribution in [0.5, 0.6) is 0 Å². The molecule has 0 aliphatic rings. The lowest BCUT2D eigenvalue weighted by Crippen LogP contribution is -2.52. The van der Waals surface area contributed by atoms with Crippen molar-refractivity contribution < 1.29 is 34.2 Å². The maximum absolute atomic E-state index is 11.5. The van der Waals surface area contributed by atoms with Gasteiger partial charge in [0, 0.05) is 19.3 Å². The molecule has 0 rings (SSSR count). The first-order valence-electron chi connectivity index (χ1n) is 18.7. The smallest absolute Gasteiger partial charge is 0.306 e. The molecule has 7 nitrogen and oxygen atoms in total. The summed E-state index contributed by atoms with van der Waals surface area (Å²) in [6, 6.07) is 0. The summed E-state index contributed by atoms with van der Waals surface area (Å²) in [6.45, 7) is 10.2. The molecule has 3 atom stereocenters. The van der Waals surface area contributed by atoms with Crippen LogP contribution in [0.15, 0.2) is 12.2 Å². The van der Waals surface area contributed by atoms with Crippen molar-refractivity contribution in [2.24, 2.45) is 17.8 Å². The van der Waals surface area contributed by atoms with E-state index in [1.807, 2.05) is 0 Å². The average Bonchev–Trinajstić information content (AvgIpc) is 3.01. The molecule has 0 bridgehead atoms. The zero-order valence-electron chi connectivity index (χ0n) is 29.8. The number of rotatable bonds is 33. The van der Waals surface area contributed by atoms with Gasteiger partial charge in [0.15, 0.2) is 0 Å². The lowest BCUT2D eigenvalue weighted by Gasteiger charge is -2.40. The van der Waals surface area contributed by atoms with Crippen LogP contribution in [-0.2, 0) is 14.4 Å². The molecule has 45 heavy (non-hydrogen) atoms. The summed E-state index contributed by atoms with van der Waals surface area (Å²) < 4.78 is 0.606. The molecule has 0 saturated carbocycles. The number of aliphatic carboxylic acids is 3. The molecule has 264 valence electrons. The van der Waals surface area contributed by atoms with Crippen LogP contribution < -0.4 is 0 Å². The summed E-state index contributed by atoms with van der Waals surface area (Å²) in [5, 5.41) is 28.3. The number of unbranched alkanes of at least 4 members (excludes halogenated alkanes) is 17. The average molecular weight is 639 g/mol. The van der Waals surface area contributed by atoms with Crippen molar-refractivity contribution in [2.75, 3.05) is 26.2 Å². The fourth-order valence-electron chi connectivity index (χ4n) is 6.02. The first-order valence-corrected chi connectivity index (χ1v) is 18.7. The van der Waals surface area contributed by atoms with Gasteiger partial charge in [-0.25, -0.2) is 0 Å². The second-order valence-electron chi connectivity index (χ2n) is 14.0. The van der Waals surface area contributed by atoms with E-state index in [4.69, 9.17) is 0 Å². The van der Waals surface area contributed by atoms with Gasteiger partial charge in [-0.05, 0) is 38.5 Å². The molecule has 0 amide bonds. The first kappa shape index (κ1) is 43.1. The normalized spacial score (nSPS) is 15.1. The highest BCUT2D eigenvalue weighted by Gasteiger charge is 2.31. The van der Waals surface area contributed by atoms with E-state index in [2.05, 4.69) is 19.1 Å². The number of allylic oxidation sites excluding steroid dienone is 2. The van der Waals surface area contributed by atoms with Crippen molar-refractivity contribution in [3.8, 4) is 0 Å². The van der Waals surface area contributed by atoms with Gasteiger partial charge >= 0.3 is 17.9 Å². The largest absolute Gasteiger partial charge is 0.481 e. The molecule has 0 aromatic rings. The molecule has 0 spiro atoms. The Morgan fingerprint density at radius 1 is 0.467 bits per heavy atom. The molecule has 0 aromatic carbocycles. The van der Waals surface area contributed by atoms with Crippen molar-refractivity contribution in [1.82, 2.24) is 0 Å². The third-order valence-electron chi connectivity index (χ3n) is 9.77. The van der Waals surface area contributed by atoms with E-state index in [9.17, 15) is 29.7 Å². The predicted octanol–water partition coefficient (Wildman–Crippen LogP) is 10.1. The van der Waals surface area contributed by atoms with Gasteiger partial charge in [0.05, 0.1) is 43.9 Å². The number of hydrogen-bond acceptors (Lipinski definition) is 3. The van der Waals surface area contributed by atoms with Crippen LogP contribution in [0.1, 0.15) is 169 Å². The molecule has 3 N–H and O–H groups in total. The van der Waals surface area contributed by atoms with E-state index in [1.165, 1.54) is 96.3 Å². The van der Waals surface area contributed by atoms with E-state index in [1.54, 1.807) is 20.8 Å². The Hall–Kier alpha value is -1.89. The van der Waals surface area contributed by atoms with Crippen LogP contribution >= 0.6 is 0 Å².